The Kier molecular flexibility index (Phi) is 5.58. The summed E-state index contributed by atoms with van der Waals surface area (Å²) in [6.07, 6.45) is 0.664. The highest BCUT2D eigenvalue weighted by molar-refractivity contribution is 6.16. The minimum Gasteiger partial charge on any atom is -0.507 e. The first-order valence-electron chi connectivity index (χ1n) is 10.9. The number of hydrogen-bond donors (Lipinski definition) is 1. The molecule has 4 rings (SSSR count). The van der Waals surface area contributed by atoms with Gasteiger partial charge in [0.15, 0.2) is 5.82 Å². The van der Waals surface area contributed by atoms with Crippen LogP contribution >= 0.6 is 0 Å². The summed E-state index contributed by atoms with van der Waals surface area (Å²) in [5, 5.41) is 11.7. The smallest absolute Gasteiger partial charge is 0.232 e. The summed E-state index contributed by atoms with van der Waals surface area (Å²) >= 11 is 0. The van der Waals surface area contributed by atoms with Crippen LogP contribution in [0.3, 0.4) is 0 Å². The molecule has 162 valence electrons. The number of aromatic nitrogens is 2. The normalized spacial score (nSPS) is 11.8. The van der Waals surface area contributed by atoms with E-state index in [0.717, 1.165) is 40.6 Å². The third-order valence-electron chi connectivity index (χ3n) is 6.18. The van der Waals surface area contributed by atoms with Crippen LogP contribution in [0.5, 0.6) is 5.75 Å². The van der Waals surface area contributed by atoms with Crippen molar-refractivity contribution < 1.29 is 14.3 Å². The average Bonchev–Trinajstić information content (AvgIpc) is 3.29. The van der Waals surface area contributed by atoms with Gasteiger partial charge in [0.25, 0.3) is 0 Å². The van der Waals surface area contributed by atoms with Crippen molar-refractivity contribution in [1.82, 2.24) is 14.5 Å². The predicted molar refractivity (Wildman–Crippen MR) is 123 cm³/mol. The molecule has 0 spiro atoms. The molecule has 2 aromatic heterocycles. The van der Waals surface area contributed by atoms with E-state index < -0.39 is 0 Å². The summed E-state index contributed by atoms with van der Waals surface area (Å²) in [7, 11) is 1.86. The van der Waals surface area contributed by atoms with Gasteiger partial charge < -0.3 is 14.1 Å². The molecule has 6 heteroatoms. The van der Waals surface area contributed by atoms with Gasteiger partial charge in [-0.3, -0.25) is 9.69 Å². The number of carbonyl (C=O) groups excluding carboxylic acids is 1. The summed E-state index contributed by atoms with van der Waals surface area (Å²) < 4.78 is 7.94. The van der Waals surface area contributed by atoms with Crippen LogP contribution in [0.1, 0.15) is 53.8 Å². The monoisotopic (exact) mass is 419 g/mol. The fourth-order valence-electron chi connectivity index (χ4n) is 4.30. The summed E-state index contributed by atoms with van der Waals surface area (Å²) in [4.78, 5) is 20.5. The summed E-state index contributed by atoms with van der Waals surface area (Å²) in [5.74, 6) is 1.01. The van der Waals surface area contributed by atoms with Gasteiger partial charge in [-0.25, -0.2) is 4.98 Å². The Hall–Kier alpha value is -3.12. The third-order valence-corrected chi connectivity index (χ3v) is 6.18. The van der Waals surface area contributed by atoms with Gasteiger partial charge in [-0.2, -0.15) is 0 Å². The van der Waals surface area contributed by atoms with Crippen LogP contribution in [0.15, 0.2) is 34.7 Å². The van der Waals surface area contributed by atoms with E-state index in [0.29, 0.717) is 35.7 Å². The van der Waals surface area contributed by atoms with E-state index in [1.807, 2.05) is 48.9 Å². The number of carbonyl (C=O) groups is 1. The van der Waals surface area contributed by atoms with Crippen molar-refractivity contribution >= 4 is 27.8 Å². The number of rotatable bonds is 7. The minimum atomic E-state index is -0.170. The molecule has 0 aliphatic carbocycles. The number of hydrogen-bond acceptors (Lipinski definition) is 5. The first-order valence-corrected chi connectivity index (χ1v) is 10.9. The van der Waals surface area contributed by atoms with Gasteiger partial charge in [0.05, 0.1) is 22.2 Å². The van der Waals surface area contributed by atoms with Gasteiger partial charge in [0.2, 0.25) is 5.78 Å². The number of fused-ring (bicyclic) bond motifs is 2. The molecule has 0 fully saturated rings. The highest BCUT2D eigenvalue weighted by atomic mass is 16.3. The number of phenols is 1. The van der Waals surface area contributed by atoms with Gasteiger partial charge in [0.1, 0.15) is 17.1 Å². The maximum Gasteiger partial charge on any atom is 0.232 e. The third kappa shape index (κ3) is 3.41. The molecule has 0 bridgehead atoms. The molecule has 6 nitrogen and oxygen atoms in total. The van der Waals surface area contributed by atoms with Crippen LogP contribution in [0.25, 0.3) is 22.0 Å². The van der Waals surface area contributed by atoms with E-state index in [1.165, 1.54) is 0 Å². The second kappa shape index (κ2) is 8.19. The number of para-hydroxylation sites is 2. The van der Waals surface area contributed by atoms with Crippen molar-refractivity contribution in [2.45, 2.75) is 40.7 Å². The number of benzene rings is 2. The molecule has 0 aliphatic rings. The van der Waals surface area contributed by atoms with E-state index in [4.69, 9.17) is 4.42 Å². The Labute approximate surface area is 182 Å². The highest BCUT2D eigenvalue weighted by Gasteiger charge is 2.27. The molecule has 0 aliphatic heterocycles. The van der Waals surface area contributed by atoms with Crippen molar-refractivity contribution in [3.63, 3.8) is 0 Å². The van der Waals surface area contributed by atoms with E-state index in [2.05, 4.69) is 23.7 Å². The van der Waals surface area contributed by atoms with Crippen LogP contribution in [0, 0.1) is 6.92 Å². The van der Waals surface area contributed by atoms with Crippen LogP contribution in [0.2, 0.25) is 0 Å². The van der Waals surface area contributed by atoms with Gasteiger partial charge in [0, 0.05) is 19.0 Å². The summed E-state index contributed by atoms with van der Waals surface area (Å²) in [6, 6.07) is 9.60. The van der Waals surface area contributed by atoms with Crippen molar-refractivity contribution in [3.05, 3.63) is 58.6 Å². The number of ketones is 1. The Morgan fingerprint density at radius 3 is 2.55 bits per heavy atom. The lowest BCUT2D eigenvalue weighted by Gasteiger charge is -2.20. The van der Waals surface area contributed by atoms with E-state index in [1.54, 1.807) is 6.92 Å². The number of imidazole rings is 1. The quantitative estimate of drug-likeness (QED) is 0.428. The minimum absolute atomic E-state index is 0.170. The zero-order valence-electron chi connectivity index (χ0n) is 18.8. The molecule has 2 heterocycles. The number of phenolic OH excluding ortho intramolecular Hbond substituents is 1. The van der Waals surface area contributed by atoms with Crippen LogP contribution < -0.4 is 0 Å². The average molecular weight is 420 g/mol. The van der Waals surface area contributed by atoms with Gasteiger partial charge in [-0.05, 0) is 50.2 Å². The molecular formula is C25H29N3O3. The second-order valence-electron chi connectivity index (χ2n) is 7.90. The number of aromatic hydroxyl groups is 1. The standard InChI is InChI=1S/C25H29N3O3/c1-6-16-13-17-21(23(30)25-26-19-11-9-10-12-20(19)27(25)5)15(4)31-24(17)18(22(16)29)14-28(7-2)8-3/h9-13,29H,6-8,14H2,1-5H3. The lowest BCUT2D eigenvalue weighted by molar-refractivity contribution is 0.102. The Balaban J connectivity index is 1.93. The molecule has 0 saturated heterocycles. The van der Waals surface area contributed by atoms with Crippen molar-refractivity contribution in [2.24, 2.45) is 7.05 Å². The van der Waals surface area contributed by atoms with Crippen LogP contribution in [-0.4, -0.2) is 38.4 Å². The summed E-state index contributed by atoms with van der Waals surface area (Å²) in [5.41, 5.74) is 4.35. The van der Waals surface area contributed by atoms with E-state index >= 15 is 0 Å². The first kappa shape index (κ1) is 21.1. The Morgan fingerprint density at radius 2 is 1.90 bits per heavy atom. The molecule has 4 aromatic rings. The molecule has 0 amide bonds. The van der Waals surface area contributed by atoms with E-state index in [9.17, 15) is 9.90 Å². The second-order valence-corrected chi connectivity index (χ2v) is 7.90. The van der Waals surface area contributed by atoms with E-state index in [-0.39, 0.29) is 11.5 Å². The molecular weight excluding hydrogens is 390 g/mol. The predicted octanol–water partition coefficient (Wildman–Crippen LogP) is 4.97. The molecule has 0 unspecified atom stereocenters. The Morgan fingerprint density at radius 1 is 1.19 bits per heavy atom. The lowest BCUT2D eigenvalue weighted by atomic mass is 9.98. The van der Waals surface area contributed by atoms with Gasteiger partial charge in [-0.1, -0.05) is 32.9 Å². The molecule has 0 atom stereocenters. The van der Waals surface area contributed by atoms with Crippen molar-refractivity contribution in [3.8, 4) is 5.75 Å². The SMILES string of the molecule is CCc1cc2c(C(=O)c3nc4ccccc4n3C)c(C)oc2c(CN(CC)CC)c1O. The maximum absolute atomic E-state index is 13.6. The zero-order valence-corrected chi connectivity index (χ0v) is 18.8. The number of aryl methyl sites for hydroxylation is 3. The maximum atomic E-state index is 13.6. The Bertz CT molecular complexity index is 1280. The lowest BCUT2D eigenvalue weighted by Crippen LogP contribution is -2.22. The van der Waals surface area contributed by atoms with Gasteiger partial charge >= 0.3 is 0 Å². The molecule has 0 radical (unpaired) electrons. The largest absolute Gasteiger partial charge is 0.507 e. The highest BCUT2D eigenvalue weighted by Crippen LogP contribution is 2.38. The molecule has 2 aromatic carbocycles. The molecule has 1 N–H and O–H groups in total. The first-order chi connectivity index (χ1) is 14.9. The topological polar surface area (TPSA) is 71.5 Å². The number of nitrogens with zero attached hydrogens (tertiary/aromatic N) is 3. The van der Waals surface area contributed by atoms with Gasteiger partial charge in [-0.15, -0.1) is 0 Å². The summed E-state index contributed by atoms with van der Waals surface area (Å²) in [6.45, 7) is 10.3. The van der Waals surface area contributed by atoms with Crippen molar-refractivity contribution in [2.75, 3.05) is 13.1 Å². The number of furan rings is 1. The van der Waals surface area contributed by atoms with Crippen LogP contribution in [0.4, 0.5) is 0 Å². The molecule has 31 heavy (non-hydrogen) atoms. The zero-order chi connectivity index (χ0) is 22.3. The van der Waals surface area contributed by atoms with Crippen LogP contribution in [-0.2, 0) is 20.0 Å². The fraction of sp³-hybridized carbons (Fsp3) is 0.360. The fourth-order valence-corrected chi connectivity index (χ4v) is 4.30. The van der Waals surface area contributed by atoms with Crippen molar-refractivity contribution in [1.29, 1.82) is 0 Å². The molecule has 0 saturated carbocycles.